The van der Waals surface area contributed by atoms with Crippen LogP contribution in [0.2, 0.25) is 0 Å². The largest absolute Gasteiger partial charge is 0.450 e. The molecular weight excluding hydrogens is 240 g/mol. The topological polar surface area (TPSA) is 50.3 Å². The van der Waals surface area contributed by atoms with Crippen LogP contribution >= 0.6 is 0 Å². The molecule has 2 aromatic rings. The fourth-order valence-corrected chi connectivity index (χ4v) is 2.09. The number of ether oxygens (including phenoxy) is 1. The third kappa shape index (κ3) is 2.07. The molecule has 1 aromatic heterocycles. The lowest BCUT2D eigenvalue weighted by Gasteiger charge is -2.23. The Morgan fingerprint density at radius 3 is 2.74 bits per heavy atom. The SMILES string of the molecule is CCN(CC)c1ncc2c(n1)Nc1ccccc1O2. The molecule has 0 aliphatic carbocycles. The van der Waals surface area contributed by atoms with Gasteiger partial charge >= 0.3 is 0 Å². The van der Waals surface area contributed by atoms with Gasteiger partial charge in [0.15, 0.2) is 17.3 Å². The molecule has 0 saturated carbocycles. The van der Waals surface area contributed by atoms with Crippen molar-refractivity contribution in [1.82, 2.24) is 9.97 Å². The van der Waals surface area contributed by atoms with Gasteiger partial charge in [-0.15, -0.1) is 0 Å². The number of hydrogen-bond donors (Lipinski definition) is 1. The zero-order chi connectivity index (χ0) is 13.2. The lowest BCUT2D eigenvalue weighted by atomic mass is 10.2. The second kappa shape index (κ2) is 4.76. The molecule has 2 heterocycles. The Hall–Kier alpha value is -2.30. The first-order valence-electron chi connectivity index (χ1n) is 6.47. The molecule has 0 fully saturated rings. The van der Waals surface area contributed by atoms with Crippen molar-refractivity contribution in [1.29, 1.82) is 0 Å². The first-order chi connectivity index (χ1) is 9.31. The van der Waals surface area contributed by atoms with Gasteiger partial charge in [-0.2, -0.15) is 4.98 Å². The molecular formula is C14H16N4O. The van der Waals surface area contributed by atoms with Crippen molar-refractivity contribution >= 4 is 17.5 Å². The van der Waals surface area contributed by atoms with Crippen molar-refractivity contribution in [2.45, 2.75) is 13.8 Å². The zero-order valence-corrected chi connectivity index (χ0v) is 11.1. The number of aromatic nitrogens is 2. The van der Waals surface area contributed by atoms with Crippen molar-refractivity contribution in [3.8, 4) is 11.5 Å². The van der Waals surface area contributed by atoms with Gasteiger partial charge in [0.05, 0.1) is 11.9 Å². The molecule has 5 nitrogen and oxygen atoms in total. The molecule has 3 rings (SSSR count). The number of rotatable bonds is 3. The summed E-state index contributed by atoms with van der Waals surface area (Å²) in [4.78, 5) is 11.0. The minimum Gasteiger partial charge on any atom is -0.450 e. The monoisotopic (exact) mass is 256 g/mol. The maximum atomic E-state index is 5.77. The summed E-state index contributed by atoms with van der Waals surface area (Å²) < 4.78 is 5.77. The summed E-state index contributed by atoms with van der Waals surface area (Å²) in [6.07, 6.45) is 1.72. The third-order valence-electron chi connectivity index (χ3n) is 3.15. The van der Waals surface area contributed by atoms with E-state index in [-0.39, 0.29) is 0 Å². The fraction of sp³-hybridized carbons (Fsp3) is 0.286. The predicted octanol–water partition coefficient (Wildman–Crippen LogP) is 3.17. The van der Waals surface area contributed by atoms with Gasteiger partial charge in [0.1, 0.15) is 0 Å². The summed E-state index contributed by atoms with van der Waals surface area (Å²) in [5.41, 5.74) is 0.930. The number of hydrogen-bond acceptors (Lipinski definition) is 5. The van der Waals surface area contributed by atoms with Gasteiger partial charge in [-0.3, -0.25) is 0 Å². The van der Waals surface area contributed by atoms with Crippen LogP contribution in [-0.4, -0.2) is 23.1 Å². The summed E-state index contributed by atoms with van der Waals surface area (Å²) in [6.45, 7) is 5.94. The molecule has 98 valence electrons. The van der Waals surface area contributed by atoms with Crippen LogP contribution in [0, 0.1) is 0 Å². The van der Waals surface area contributed by atoms with Gasteiger partial charge in [-0.05, 0) is 26.0 Å². The van der Waals surface area contributed by atoms with E-state index in [2.05, 4.69) is 34.0 Å². The molecule has 1 N–H and O–H groups in total. The first kappa shape index (κ1) is 11.8. The van der Waals surface area contributed by atoms with Crippen LogP contribution in [0.25, 0.3) is 0 Å². The molecule has 0 radical (unpaired) electrons. The van der Waals surface area contributed by atoms with Gasteiger partial charge in [-0.1, -0.05) is 12.1 Å². The van der Waals surface area contributed by atoms with Crippen LogP contribution in [0.15, 0.2) is 30.5 Å². The maximum Gasteiger partial charge on any atom is 0.227 e. The number of para-hydroxylation sites is 2. The van der Waals surface area contributed by atoms with E-state index < -0.39 is 0 Å². The molecule has 0 atom stereocenters. The van der Waals surface area contributed by atoms with Gasteiger partial charge in [-0.25, -0.2) is 4.98 Å². The van der Waals surface area contributed by atoms with E-state index in [0.29, 0.717) is 5.75 Å². The van der Waals surface area contributed by atoms with Gasteiger partial charge in [0.2, 0.25) is 5.95 Å². The zero-order valence-electron chi connectivity index (χ0n) is 11.1. The van der Waals surface area contributed by atoms with E-state index in [1.54, 1.807) is 6.20 Å². The standard InChI is InChI=1S/C14H16N4O/c1-3-18(4-2)14-15-9-12-13(17-14)16-10-7-5-6-8-11(10)19-12/h5-9H,3-4H2,1-2H3,(H,15,16,17). The number of nitrogens with one attached hydrogen (secondary N) is 1. The highest BCUT2D eigenvalue weighted by Gasteiger charge is 2.19. The molecule has 1 aliphatic heterocycles. The minimum atomic E-state index is 0.662. The Balaban J connectivity index is 1.96. The second-order valence-corrected chi connectivity index (χ2v) is 4.28. The minimum absolute atomic E-state index is 0.662. The van der Waals surface area contributed by atoms with Crippen molar-refractivity contribution in [2.75, 3.05) is 23.3 Å². The Morgan fingerprint density at radius 1 is 1.16 bits per heavy atom. The summed E-state index contributed by atoms with van der Waals surface area (Å²) in [5, 5.41) is 3.28. The van der Waals surface area contributed by atoms with Crippen LogP contribution in [0.3, 0.4) is 0 Å². The van der Waals surface area contributed by atoms with E-state index in [1.807, 2.05) is 24.3 Å². The number of anilines is 3. The van der Waals surface area contributed by atoms with E-state index in [4.69, 9.17) is 4.74 Å². The van der Waals surface area contributed by atoms with Gasteiger partial charge in [0.25, 0.3) is 0 Å². The Kier molecular flexibility index (Phi) is 2.95. The lowest BCUT2D eigenvalue weighted by Crippen LogP contribution is -2.24. The third-order valence-corrected chi connectivity index (χ3v) is 3.15. The van der Waals surface area contributed by atoms with E-state index in [9.17, 15) is 0 Å². The maximum absolute atomic E-state index is 5.77. The van der Waals surface area contributed by atoms with E-state index >= 15 is 0 Å². The van der Waals surface area contributed by atoms with Crippen LogP contribution in [0.4, 0.5) is 17.5 Å². The summed E-state index contributed by atoms with van der Waals surface area (Å²) in [5.74, 6) is 2.90. The highest BCUT2D eigenvalue weighted by molar-refractivity contribution is 5.72. The molecule has 0 spiro atoms. The highest BCUT2D eigenvalue weighted by Crippen LogP contribution is 2.40. The van der Waals surface area contributed by atoms with Crippen molar-refractivity contribution in [3.05, 3.63) is 30.5 Å². The fourth-order valence-electron chi connectivity index (χ4n) is 2.09. The summed E-state index contributed by atoms with van der Waals surface area (Å²) in [6, 6.07) is 7.80. The molecule has 0 saturated heterocycles. The Morgan fingerprint density at radius 2 is 1.95 bits per heavy atom. The molecule has 19 heavy (non-hydrogen) atoms. The summed E-state index contributed by atoms with van der Waals surface area (Å²) >= 11 is 0. The molecule has 1 aromatic carbocycles. The van der Waals surface area contributed by atoms with Crippen LogP contribution < -0.4 is 15.0 Å². The lowest BCUT2D eigenvalue weighted by molar-refractivity contribution is 0.475. The van der Waals surface area contributed by atoms with Crippen LogP contribution in [0.1, 0.15) is 13.8 Å². The molecule has 1 aliphatic rings. The quantitative estimate of drug-likeness (QED) is 0.780. The van der Waals surface area contributed by atoms with Crippen molar-refractivity contribution < 1.29 is 4.74 Å². The van der Waals surface area contributed by atoms with Gasteiger partial charge in [0, 0.05) is 13.1 Å². The molecule has 0 unspecified atom stereocenters. The van der Waals surface area contributed by atoms with Crippen molar-refractivity contribution in [3.63, 3.8) is 0 Å². The Labute approximate surface area is 112 Å². The van der Waals surface area contributed by atoms with Gasteiger partial charge < -0.3 is 15.0 Å². The van der Waals surface area contributed by atoms with E-state index in [0.717, 1.165) is 36.3 Å². The average Bonchev–Trinajstić information content (AvgIpc) is 2.46. The average molecular weight is 256 g/mol. The number of nitrogens with zero attached hydrogens (tertiary/aromatic N) is 3. The molecule has 5 heteroatoms. The number of fused-ring (bicyclic) bond motifs is 2. The van der Waals surface area contributed by atoms with Crippen LogP contribution in [-0.2, 0) is 0 Å². The Bertz CT molecular complexity index is 596. The van der Waals surface area contributed by atoms with Crippen LogP contribution in [0.5, 0.6) is 11.5 Å². The van der Waals surface area contributed by atoms with E-state index in [1.165, 1.54) is 0 Å². The second-order valence-electron chi connectivity index (χ2n) is 4.28. The molecule has 0 bridgehead atoms. The highest BCUT2D eigenvalue weighted by atomic mass is 16.5. The number of benzene rings is 1. The molecule has 0 amide bonds. The normalized spacial score (nSPS) is 11.9. The predicted molar refractivity (Wildman–Crippen MR) is 75.4 cm³/mol. The smallest absolute Gasteiger partial charge is 0.227 e. The van der Waals surface area contributed by atoms with Crippen molar-refractivity contribution in [2.24, 2.45) is 0 Å². The summed E-state index contributed by atoms with van der Waals surface area (Å²) in [7, 11) is 0. The first-order valence-corrected chi connectivity index (χ1v) is 6.47.